The minimum atomic E-state index is -0.723. The van der Waals surface area contributed by atoms with Gasteiger partial charge in [0.2, 0.25) is 23.6 Å². The highest BCUT2D eigenvalue weighted by Crippen LogP contribution is 2.39. The van der Waals surface area contributed by atoms with Crippen LogP contribution in [0, 0.1) is 5.41 Å². The van der Waals surface area contributed by atoms with Crippen molar-refractivity contribution in [3.63, 3.8) is 0 Å². The topological polar surface area (TPSA) is 211 Å². The molecule has 1 aromatic carbocycles. The fraction of sp³-hybridized carbons (Fsp3) is 0.537. The van der Waals surface area contributed by atoms with Crippen molar-refractivity contribution in [3.05, 3.63) is 64.8 Å². The van der Waals surface area contributed by atoms with Gasteiger partial charge in [-0.25, -0.2) is 9.97 Å². The minimum Gasteiger partial charge on any atom is -0.378 e. The second kappa shape index (κ2) is 22.5. The van der Waals surface area contributed by atoms with Crippen molar-refractivity contribution >= 4 is 57.5 Å². The number of benzene rings is 1. The Hall–Kier alpha value is -4.85. The molecule has 0 radical (unpaired) electrons. The van der Waals surface area contributed by atoms with Crippen LogP contribution >= 0.6 is 11.3 Å². The Balaban J connectivity index is 0.748. The number of rotatable bonds is 24. The van der Waals surface area contributed by atoms with E-state index in [2.05, 4.69) is 31.6 Å². The highest BCUT2D eigenvalue weighted by Gasteiger charge is 2.41. The van der Waals surface area contributed by atoms with Gasteiger partial charge in [-0.05, 0) is 43.5 Å². The lowest BCUT2D eigenvalue weighted by Gasteiger charge is -2.35. The van der Waals surface area contributed by atoms with E-state index in [1.165, 1.54) is 16.2 Å². The van der Waals surface area contributed by atoms with Gasteiger partial charge in [0, 0.05) is 66.6 Å². The highest BCUT2D eigenvalue weighted by atomic mass is 32.1. The average Bonchev–Trinajstić information content (AvgIpc) is 3.87. The molecule has 2 aromatic heterocycles. The number of amides is 5. The molecule has 318 valence electrons. The van der Waals surface area contributed by atoms with Crippen LogP contribution in [0.5, 0.6) is 0 Å². The minimum absolute atomic E-state index is 0.0475. The fourth-order valence-electron chi connectivity index (χ4n) is 7.53. The molecule has 1 atom stereocenters. The van der Waals surface area contributed by atoms with Gasteiger partial charge in [-0.3, -0.25) is 29.3 Å². The lowest BCUT2D eigenvalue weighted by Crippen LogP contribution is -2.52. The number of imide groups is 1. The Morgan fingerprint density at radius 1 is 0.881 bits per heavy atom. The first kappa shape index (κ1) is 43.7. The van der Waals surface area contributed by atoms with Crippen molar-refractivity contribution in [2.75, 3.05) is 83.1 Å². The summed E-state index contributed by atoms with van der Waals surface area (Å²) in [5, 5.41) is 17.2. The van der Waals surface area contributed by atoms with Crippen molar-refractivity contribution in [2.24, 2.45) is 5.41 Å². The number of piperidine rings is 1. The molecule has 1 saturated heterocycles. The zero-order chi connectivity index (χ0) is 41.3. The van der Waals surface area contributed by atoms with Gasteiger partial charge < -0.3 is 45.1 Å². The molecule has 18 heteroatoms. The molecular formula is C41H54N8O9S. The Morgan fingerprint density at radius 2 is 1.59 bits per heavy atom. The first-order valence-electron chi connectivity index (χ1n) is 20.3. The van der Waals surface area contributed by atoms with Crippen LogP contribution in [0.2, 0.25) is 0 Å². The zero-order valence-corrected chi connectivity index (χ0v) is 34.1. The third-order valence-corrected chi connectivity index (χ3v) is 11.2. The van der Waals surface area contributed by atoms with Gasteiger partial charge in [-0.1, -0.05) is 31.4 Å². The van der Waals surface area contributed by atoms with E-state index in [9.17, 15) is 24.0 Å². The number of ether oxygens (including phenoxy) is 4. The van der Waals surface area contributed by atoms with E-state index < -0.39 is 17.4 Å². The summed E-state index contributed by atoms with van der Waals surface area (Å²) in [6, 6.07) is 10.2. The number of carbonyl (C=O) groups is 5. The van der Waals surface area contributed by atoms with E-state index in [-0.39, 0.29) is 49.6 Å². The maximum atomic E-state index is 13.5. The summed E-state index contributed by atoms with van der Waals surface area (Å²) < 4.78 is 22.4. The van der Waals surface area contributed by atoms with Crippen molar-refractivity contribution in [2.45, 2.75) is 64.0 Å². The number of hydrogen-bond donors (Lipinski definition) is 5. The molecule has 4 heterocycles. The van der Waals surface area contributed by atoms with Gasteiger partial charge in [-0.2, -0.15) is 0 Å². The number of fused-ring (bicyclic) bond motifs is 1. The molecule has 6 rings (SSSR count). The van der Waals surface area contributed by atoms with E-state index in [1.54, 1.807) is 24.4 Å². The van der Waals surface area contributed by atoms with E-state index >= 15 is 0 Å². The van der Waals surface area contributed by atoms with Crippen molar-refractivity contribution < 1.29 is 42.9 Å². The number of aromatic nitrogens is 2. The SMILES string of the molecule is O=C1CCC(N2Cc3c(NC(=O)CNCCOCCOCCOCCOCCNC(=O)C4(Cc5cccc(Nc6nccs6)n5)CCCCC4)cccc3C2=O)C(=O)N1. The molecule has 3 aliphatic rings. The molecule has 0 spiro atoms. The number of nitrogens with one attached hydrogen (secondary N) is 5. The smallest absolute Gasteiger partial charge is 0.255 e. The zero-order valence-electron chi connectivity index (χ0n) is 33.3. The van der Waals surface area contributed by atoms with Crippen LogP contribution in [0.1, 0.15) is 66.6 Å². The number of anilines is 3. The maximum Gasteiger partial charge on any atom is 0.255 e. The van der Waals surface area contributed by atoms with Gasteiger partial charge in [-0.15, -0.1) is 11.3 Å². The van der Waals surface area contributed by atoms with Gasteiger partial charge in [0.05, 0.1) is 64.8 Å². The Bertz CT molecular complexity index is 1870. The number of thiazole rings is 1. The quantitative estimate of drug-likeness (QED) is 0.0650. The summed E-state index contributed by atoms with van der Waals surface area (Å²) >= 11 is 1.51. The van der Waals surface area contributed by atoms with Crippen LogP contribution in [0.25, 0.3) is 0 Å². The second-order valence-corrected chi connectivity index (χ2v) is 15.6. The Kier molecular flexibility index (Phi) is 16.7. The van der Waals surface area contributed by atoms with Crippen molar-refractivity contribution in [3.8, 4) is 0 Å². The van der Waals surface area contributed by atoms with Gasteiger partial charge in [0.1, 0.15) is 11.9 Å². The van der Waals surface area contributed by atoms with E-state index in [4.69, 9.17) is 23.9 Å². The van der Waals surface area contributed by atoms with Crippen LogP contribution in [0.4, 0.5) is 16.6 Å². The van der Waals surface area contributed by atoms with E-state index in [0.29, 0.717) is 89.2 Å². The molecule has 1 aliphatic carbocycles. The Morgan fingerprint density at radius 3 is 2.31 bits per heavy atom. The van der Waals surface area contributed by atoms with Crippen LogP contribution in [-0.4, -0.2) is 123 Å². The number of nitrogens with zero attached hydrogens (tertiary/aromatic N) is 3. The average molecular weight is 835 g/mol. The lowest BCUT2D eigenvalue weighted by atomic mass is 9.70. The molecule has 2 aliphatic heterocycles. The molecule has 5 N–H and O–H groups in total. The number of hydrogen-bond acceptors (Lipinski definition) is 14. The predicted molar refractivity (Wildman–Crippen MR) is 219 cm³/mol. The molecule has 5 amide bonds. The summed E-state index contributed by atoms with van der Waals surface area (Å²) in [5.41, 5.74) is 2.01. The largest absolute Gasteiger partial charge is 0.378 e. The highest BCUT2D eigenvalue weighted by molar-refractivity contribution is 7.13. The Labute approximate surface area is 347 Å². The van der Waals surface area contributed by atoms with Crippen LogP contribution < -0.4 is 26.6 Å². The standard InChI is InChI=1S/C41H54N8O9S/c50-35-11-10-33(37(52)48-35)49-28-31-30(38(49)53)7-5-8-32(31)46-36(51)27-42-14-17-55-19-21-57-23-24-58-22-20-56-18-15-43-39(54)41(12-2-1-3-13-41)26-29-6-4-9-34(45-29)47-40-44-16-25-59-40/h4-9,16,25,33,42H,1-3,10-15,17-24,26-28H2,(H,43,54)(H,46,51)(H,44,45,47)(H,48,50,52). The summed E-state index contributed by atoms with van der Waals surface area (Å²) in [6.07, 6.45) is 7.65. The molecule has 59 heavy (non-hydrogen) atoms. The number of carbonyl (C=O) groups excluding carboxylic acids is 5. The predicted octanol–water partition coefficient (Wildman–Crippen LogP) is 2.95. The van der Waals surface area contributed by atoms with E-state index in [1.807, 2.05) is 23.6 Å². The van der Waals surface area contributed by atoms with Gasteiger partial charge >= 0.3 is 0 Å². The third-order valence-electron chi connectivity index (χ3n) is 10.5. The molecule has 1 saturated carbocycles. The van der Waals surface area contributed by atoms with Crippen LogP contribution in [-0.2, 0) is 51.1 Å². The van der Waals surface area contributed by atoms with Crippen molar-refractivity contribution in [1.82, 2.24) is 30.8 Å². The molecule has 3 aromatic rings. The molecule has 2 fully saturated rings. The normalized spacial score (nSPS) is 17.4. The van der Waals surface area contributed by atoms with Crippen LogP contribution in [0.15, 0.2) is 48.0 Å². The van der Waals surface area contributed by atoms with Crippen LogP contribution in [0.3, 0.4) is 0 Å². The molecule has 0 bridgehead atoms. The molecule has 1 unspecified atom stereocenters. The maximum absolute atomic E-state index is 13.5. The van der Waals surface area contributed by atoms with Crippen molar-refractivity contribution in [1.29, 1.82) is 0 Å². The first-order valence-corrected chi connectivity index (χ1v) is 21.2. The van der Waals surface area contributed by atoms with Gasteiger partial charge in [0.25, 0.3) is 5.91 Å². The summed E-state index contributed by atoms with van der Waals surface area (Å²) in [5.74, 6) is -0.609. The molecule has 17 nitrogen and oxygen atoms in total. The third kappa shape index (κ3) is 12.8. The molecular weight excluding hydrogens is 781 g/mol. The summed E-state index contributed by atoms with van der Waals surface area (Å²) in [6.45, 7) is 4.35. The summed E-state index contributed by atoms with van der Waals surface area (Å²) in [7, 11) is 0. The first-order chi connectivity index (χ1) is 28.8. The number of pyridine rings is 1. The summed E-state index contributed by atoms with van der Waals surface area (Å²) in [4.78, 5) is 73.5. The van der Waals surface area contributed by atoms with E-state index in [0.717, 1.165) is 48.7 Å². The fourth-order valence-corrected chi connectivity index (χ4v) is 8.07. The lowest BCUT2D eigenvalue weighted by molar-refractivity contribution is -0.137. The van der Waals surface area contributed by atoms with Gasteiger partial charge in [0.15, 0.2) is 5.13 Å². The monoisotopic (exact) mass is 834 g/mol. The second-order valence-electron chi connectivity index (χ2n) is 14.7.